The summed E-state index contributed by atoms with van der Waals surface area (Å²) in [4.78, 5) is 4.57. The molecule has 138 valence electrons. The molecule has 0 aliphatic carbocycles. The fourth-order valence-electron chi connectivity index (χ4n) is 3.10. The van der Waals surface area contributed by atoms with Crippen molar-refractivity contribution in [2.24, 2.45) is 5.41 Å². The van der Waals surface area contributed by atoms with Crippen molar-refractivity contribution in [3.8, 4) is 22.4 Å². The molecule has 0 saturated heterocycles. The summed E-state index contributed by atoms with van der Waals surface area (Å²) >= 11 is 1.69. The predicted molar refractivity (Wildman–Crippen MR) is 114 cm³/mol. The van der Waals surface area contributed by atoms with E-state index in [2.05, 4.69) is 77.3 Å². The summed E-state index contributed by atoms with van der Waals surface area (Å²) in [6, 6.07) is 12.6. The van der Waals surface area contributed by atoms with Crippen LogP contribution < -0.4 is 5.32 Å². The number of nitrogens with zero attached hydrogens (tertiary/aromatic N) is 3. The smallest absolute Gasteiger partial charge is 0.163 e. The second-order valence-corrected chi connectivity index (χ2v) is 8.73. The molecule has 27 heavy (non-hydrogen) atoms. The second-order valence-electron chi connectivity index (χ2n) is 7.95. The Hall–Kier alpha value is -2.66. The van der Waals surface area contributed by atoms with Crippen LogP contribution in [0.15, 0.2) is 59.6 Å². The Morgan fingerprint density at radius 3 is 2.78 bits per heavy atom. The Labute approximate surface area is 163 Å². The Balaban J connectivity index is 1.66. The lowest BCUT2D eigenvalue weighted by molar-refractivity contribution is 0.390. The van der Waals surface area contributed by atoms with E-state index < -0.39 is 0 Å². The van der Waals surface area contributed by atoms with Gasteiger partial charge in [0.2, 0.25) is 0 Å². The largest absolute Gasteiger partial charge is 0.385 e. The Morgan fingerprint density at radius 1 is 1.11 bits per heavy atom. The first-order valence-electron chi connectivity index (χ1n) is 9.21. The summed E-state index contributed by atoms with van der Waals surface area (Å²) in [5.41, 5.74) is 6.75. The maximum Gasteiger partial charge on any atom is 0.163 e. The minimum absolute atomic E-state index is 0.328. The van der Waals surface area contributed by atoms with E-state index in [0.29, 0.717) is 5.41 Å². The first-order valence-corrected chi connectivity index (χ1v) is 10.2. The second kappa shape index (κ2) is 7.16. The monoisotopic (exact) mass is 376 g/mol. The van der Waals surface area contributed by atoms with E-state index in [1.165, 1.54) is 0 Å². The lowest BCUT2D eigenvalue weighted by Crippen LogP contribution is -2.12. The zero-order chi connectivity index (χ0) is 18.9. The summed E-state index contributed by atoms with van der Waals surface area (Å²) in [6.45, 7) is 7.76. The summed E-state index contributed by atoms with van der Waals surface area (Å²) in [6.07, 6.45) is 4.89. The zero-order valence-electron chi connectivity index (χ0n) is 15.9. The van der Waals surface area contributed by atoms with Gasteiger partial charge in [-0.2, -0.15) is 16.4 Å². The van der Waals surface area contributed by atoms with Crippen LogP contribution in [0.4, 0.5) is 5.69 Å². The molecule has 4 aromatic rings. The Morgan fingerprint density at radius 2 is 2.00 bits per heavy atom. The van der Waals surface area contributed by atoms with Crippen molar-refractivity contribution in [1.29, 1.82) is 0 Å². The fourth-order valence-corrected chi connectivity index (χ4v) is 3.76. The topological polar surface area (TPSA) is 42.2 Å². The van der Waals surface area contributed by atoms with Gasteiger partial charge in [-0.15, -0.1) is 0 Å². The van der Waals surface area contributed by atoms with E-state index in [1.54, 1.807) is 11.3 Å². The molecule has 0 unspecified atom stereocenters. The molecular formula is C22H24N4S. The lowest BCUT2D eigenvalue weighted by Gasteiger charge is -2.18. The van der Waals surface area contributed by atoms with E-state index in [-0.39, 0.29) is 0 Å². The van der Waals surface area contributed by atoms with Gasteiger partial charge in [-0.25, -0.2) is 9.50 Å². The van der Waals surface area contributed by atoms with Crippen LogP contribution in [-0.2, 0) is 0 Å². The van der Waals surface area contributed by atoms with Crippen LogP contribution in [0.2, 0.25) is 0 Å². The van der Waals surface area contributed by atoms with Crippen molar-refractivity contribution in [1.82, 2.24) is 14.6 Å². The molecule has 0 atom stereocenters. The van der Waals surface area contributed by atoms with Crippen LogP contribution in [0.25, 0.3) is 28.0 Å². The quantitative estimate of drug-likeness (QED) is 0.466. The minimum atomic E-state index is 0.328. The highest BCUT2D eigenvalue weighted by molar-refractivity contribution is 7.08. The molecule has 1 N–H and O–H groups in total. The van der Waals surface area contributed by atoms with E-state index in [1.807, 2.05) is 23.0 Å². The van der Waals surface area contributed by atoms with Crippen LogP contribution in [0.3, 0.4) is 0 Å². The van der Waals surface area contributed by atoms with Gasteiger partial charge in [-0.1, -0.05) is 32.9 Å². The lowest BCUT2D eigenvalue weighted by atomic mass is 9.92. The van der Waals surface area contributed by atoms with Crippen LogP contribution in [0.1, 0.15) is 27.2 Å². The molecule has 0 saturated carbocycles. The third kappa shape index (κ3) is 3.88. The molecule has 4 nitrogen and oxygen atoms in total. The fraction of sp³-hybridized carbons (Fsp3) is 0.273. The van der Waals surface area contributed by atoms with Gasteiger partial charge in [-0.3, -0.25) is 0 Å². The molecule has 0 fully saturated rings. The maximum absolute atomic E-state index is 4.61. The third-order valence-corrected chi connectivity index (χ3v) is 5.28. The van der Waals surface area contributed by atoms with Crippen LogP contribution in [0, 0.1) is 5.41 Å². The minimum Gasteiger partial charge on any atom is -0.385 e. The number of nitrogens with one attached hydrogen (secondary N) is 1. The van der Waals surface area contributed by atoms with E-state index in [9.17, 15) is 0 Å². The van der Waals surface area contributed by atoms with Crippen molar-refractivity contribution in [2.75, 3.05) is 11.9 Å². The van der Waals surface area contributed by atoms with Crippen molar-refractivity contribution in [3.05, 3.63) is 59.6 Å². The van der Waals surface area contributed by atoms with Gasteiger partial charge < -0.3 is 5.32 Å². The van der Waals surface area contributed by atoms with Crippen molar-refractivity contribution < 1.29 is 0 Å². The number of rotatable bonds is 5. The Kier molecular flexibility index (Phi) is 4.70. The normalized spacial score (nSPS) is 11.8. The molecule has 1 aromatic carbocycles. The summed E-state index contributed by atoms with van der Waals surface area (Å²) < 4.78 is 1.93. The molecule has 0 aliphatic rings. The van der Waals surface area contributed by atoms with E-state index in [4.69, 9.17) is 0 Å². The number of benzene rings is 1. The summed E-state index contributed by atoms with van der Waals surface area (Å²) in [5.74, 6) is 0. The van der Waals surface area contributed by atoms with E-state index >= 15 is 0 Å². The Bertz CT molecular complexity index is 1040. The third-order valence-electron chi connectivity index (χ3n) is 4.60. The molecule has 4 rings (SSSR count). The molecule has 0 bridgehead atoms. The first kappa shape index (κ1) is 17.7. The molecule has 0 spiro atoms. The average Bonchev–Trinajstić information content (AvgIpc) is 3.30. The zero-order valence-corrected chi connectivity index (χ0v) is 16.8. The maximum atomic E-state index is 4.61. The van der Waals surface area contributed by atoms with Gasteiger partial charge in [-0.05, 0) is 52.4 Å². The van der Waals surface area contributed by atoms with E-state index in [0.717, 1.165) is 46.7 Å². The predicted octanol–water partition coefficient (Wildman–Crippen LogP) is 5.97. The number of anilines is 1. The van der Waals surface area contributed by atoms with Crippen LogP contribution in [-0.4, -0.2) is 21.1 Å². The van der Waals surface area contributed by atoms with Crippen molar-refractivity contribution in [3.63, 3.8) is 0 Å². The van der Waals surface area contributed by atoms with Gasteiger partial charge in [0.05, 0.1) is 11.9 Å². The summed E-state index contributed by atoms with van der Waals surface area (Å²) in [5, 5.41) is 12.4. The summed E-state index contributed by atoms with van der Waals surface area (Å²) in [7, 11) is 0. The average molecular weight is 377 g/mol. The highest BCUT2D eigenvalue weighted by Crippen LogP contribution is 2.29. The molecule has 3 aromatic heterocycles. The van der Waals surface area contributed by atoms with Gasteiger partial charge in [0, 0.05) is 29.6 Å². The highest BCUT2D eigenvalue weighted by Gasteiger charge is 2.13. The number of thiophene rings is 1. The van der Waals surface area contributed by atoms with Gasteiger partial charge in [0.25, 0.3) is 0 Å². The first-order chi connectivity index (χ1) is 13.0. The molecule has 0 aliphatic heterocycles. The molecule has 5 heteroatoms. The van der Waals surface area contributed by atoms with Gasteiger partial charge >= 0.3 is 0 Å². The number of hydrogen-bond acceptors (Lipinski definition) is 4. The SMILES string of the molecule is CC(C)(C)CCNc1cccc(-c2ccnc3c(-c4ccsc4)cnn23)c1. The van der Waals surface area contributed by atoms with Gasteiger partial charge in [0.1, 0.15) is 0 Å². The molecule has 0 radical (unpaired) electrons. The molecule has 3 heterocycles. The van der Waals surface area contributed by atoms with Crippen LogP contribution in [0.5, 0.6) is 0 Å². The number of aromatic nitrogens is 3. The molecule has 0 amide bonds. The van der Waals surface area contributed by atoms with Crippen LogP contribution >= 0.6 is 11.3 Å². The molecular weight excluding hydrogens is 352 g/mol. The highest BCUT2D eigenvalue weighted by atomic mass is 32.1. The van der Waals surface area contributed by atoms with Crippen molar-refractivity contribution in [2.45, 2.75) is 27.2 Å². The van der Waals surface area contributed by atoms with Crippen molar-refractivity contribution >= 4 is 22.7 Å². The number of fused-ring (bicyclic) bond motifs is 1. The number of hydrogen-bond donors (Lipinski definition) is 1. The van der Waals surface area contributed by atoms with Gasteiger partial charge in [0.15, 0.2) is 5.65 Å². The standard InChI is InChI=1S/C22H24N4S/c1-22(2,3)9-11-23-18-6-4-5-16(13-18)20-7-10-24-21-19(14-25-26(20)21)17-8-12-27-15-17/h4-8,10,12-15,23H,9,11H2,1-3H3.